The summed E-state index contributed by atoms with van der Waals surface area (Å²) >= 11 is 0. The molecule has 10 aromatic carbocycles. The molecule has 0 saturated carbocycles. The molecule has 0 bridgehead atoms. The molecular formula is C50H30O. The van der Waals surface area contributed by atoms with Gasteiger partial charge >= 0.3 is 0 Å². The average molecular weight is 647 g/mol. The molecule has 11 aromatic rings. The third-order valence-electron chi connectivity index (χ3n) is 10.8. The smallest absolute Gasteiger partial charge is 0.143 e. The van der Waals surface area contributed by atoms with Crippen molar-refractivity contribution < 1.29 is 4.42 Å². The zero-order valence-electron chi connectivity index (χ0n) is 27.7. The molecule has 0 radical (unpaired) electrons. The minimum absolute atomic E-state index is 0.929. The molecule has 0 aliphatic carbocycles. The summed E-state index contributed by atoms with van der Waals surface area (Å²) in [5.41, 5.74) is 9.28. The number of hydrogen-bond donors (Lipinski definition) is 0. The van der Waals surface area contributed by atoms with E-state index in [1.54, 1.807) is 0 Å². The van der Waals surface area contributed by atoms with Crippen molar-refractivity contribution in [1.82, 2.24) is 0 Å². The molecule has 236 valence electrons. The van der Waals surface area contributed by atoms with Crippen LogP contribution in [0.2, 0.25) is 0 Å². The van der Waals surface area contributed by atoms with E-state index in [2.05, 4.69) is 182 Å². The first-order valence-corrected chi connectivity index (χ1v) is 17.6. The first kappa shape index (κ1) is 28.2. The lowest BCUT2D eigenvalue weighted by Gasteiger charge is -2.18. The summed E-state index contributed by atoms with van der Waals surface area (Å²) in [4.78, 5) is 0. The molecule has 0 aliphatic heterocycles. The molecule has 0 saturated heterocycles. The van der Waals surface area contributed by atoms with Gasteiger partial charge in [0.05, 0.1) is 0 Å². The van der Waals surface area contributed by atoms with E-state index < -0.39 is 0 Å². The van der Waals surface area contributed by atoms with Crippen molar-refractivity contribution in [3.05, 3.63) is 182 Å². The minimum atomic E-state index is 0.929. The third kappa shape index (κ3) is 4.22. The highest BCUT2D eigenvalue weighted by molar-refractivity contribution is 6.31. The summed E-state index contributed by atoms with van der Waals surface area (Å²) < 4.78 is 6.70. The molecule has 11 rings (SSSR count). The van der Waals surface area contributed by atoms with Crippen LogP contribution < -0.4 is 0 Å². The molecule has 51 heavy (non-hydrogen) atoms. The van der Waals surface area contributed by atoms with Crippen molar-refractivity contribution in [2.75, 3.05) is 0 Å². The number of benzene rings is 10. The van der Waals surface area contributed by atoms with Gasteiger partial charge in [0.2, 0.25) is 0 Å². The van der Waals surface area contributed by atoms with E-state index in [-0.39, 0.29) is 0 Å². The summed E-state index contributed by atoms with van der Waals surface area (Å²) in [6.07, 6.45) is 0. The van der Waals surface area contributed by atoms with Crippen molar-refractivity contribution in [1.29, 1.82) is 0 Å². The number of furan rings is 1. The fraction of sp³-hybridized carbons (Fsp3) is 0. The van der Waals surface area contributed by atoms with Gasteiger partial charge in [-0.05, 0) is 106 Å². The molecule has 1 heteroatoms. The maximum Gasteiger partial charge on any atom is 0.143 e. The van der Waals surface area contributed by atoms with Crippen LogP contribution in [0.15, 0.2) is 186 Å². The maximum atomic E-state index is 6.70. The van der Waals surface area contributed by atoms with E-state index in [0.717, 1.165) is 16.6 Å². The Morgan fingerprint density at radius 1 is 0.275 bits per heavy atom. The molecule has 0 spiro atoms. The van der Waals surface area contributed by atoms with Crippen LogP contribution in [0.4, 0.5) is 0 Å². The van der Waals surface area contributed by atoms with Gasteiger partial charge in [-0.2, -0.15) is 0 Å². The van der Waals surface area contributed by atoms with E-state index >= 15 is 0 Å². The van der Waals surface area contributed by atoms with Crippen LogP contribution in [0.25, 0.3) is 109 Å². The van der Waals surface area contributed by atoms with Gasteiger partial charge < -0.3 is 4.42 Å². The first-order valence-electron chi connectivity index (χ1n) is 17.6. The number of fused-ring (bicyclic) bond motifs is 11. The van der Waals surface area contributed by atoms with Crippen molar-refractivity contribution >= 4 is 75.8 Å². The maximum absolute atomic E-state index is 6.70. The van der Waals surface area contributed by atoms with E-state index in [1.807, 2.05) is 0 Å². The fourth-order valence-electron chi connectivity index (χ4n) is 8.50. The van der Waals surface area contributed by atoms with Crippen molar-refractivity contribution in [3.63, 3.8) is 0 Å². The summed E-state index contributed by atoms with van der Waals surface area (Å²) in [6, 6.07) is 66.2. The Balaban J connectivity index is 1.09. The van der Waals surface area contributed by atoms with Gasteiger partial charge in [0.15, 0.2) is 0 Å². The molecule has 1 nitrogen and oxygen atoms in total. The Hall–Kier alpha value is -6.70. The van der Waals surface area contributed by atoms with Gasteiger partial charge in [0.1, 0.15) is 11.2 Å². The molecule has 0 amide bonds. The highest BCUT2D eigenvalue weighted by Gasteiger charge is 2.19. The van der Waals surface area contributed by atoms with Crippen LogP contribution >= 0.6 is 0 Å². The van der Waals surface area contributed by atoms with Gasteiger partial charge in [-0.25, -0.2) is 0 Å². The van der Waals surface area contributed by atoms with Crippen LogP contribution in [0.1, 0.15) is 0 Å². The molecule has 0 atom stereocenters. The van der Waals surface area contributed by atoms with Crippen LogP contribution in [0.3, 0.4) is 0 Å². The fourth-order valence-corrected chi connectivity index (χ4v) is 8.50. The number of hydrogen-bond acceptors (Lipinski definition) is 1. The summed E-state index contributed by atoms with van der Waals surface area (Å²) in [7, 11) is 0. The Morgan fingerprint density at radius 3 is 1.41 bits per heavy atom. The van der Waals surface area contributed by atoms with E-state index in [9.17, 15) is 0 Å². The normalized spacial score (nSPS) is 11.9. The Morgan fingerprint density at radius 2 is 0.765 bits per heavy atom. The second kappa shape index (κ2) is 10.9. The topological polar surface area (TPSA) is 13.1 Å². The standard InChI is InChI=1S/C50H30O/c1-2-12-32(13-3-1)47-39-18-8-10-20-41(39)48(42-21-11-9-19-40(42)47)33-24-22-31(23-25-33)36-26-27-43-44(28-36)37-16-6-7-17-38(37)49-45-29-34-14-4-5-15-35(34)30-46(45)51-50(43)49/h1-30H. The Labute approximate surface area is 294 Å². The van der Waals surface area contributed by atoms with Gasteiger partial charge in [0.25, 0.3) is 0 Å². The zero-order chi connectivity index (χ0) is 33.5. The molecule has 1 aromatic heterocycles. The highest BCUT2D eigenvalue weighted by atomic mass is 16.3. The predicted molar refractivity (Wildman–Crippen MR) is 218 cm³/mol. The quantitative estimate of drug-likeness (QED) is 0.138. The van der Waals surface area contributed by atoms with Crippen molar-refractivity contribution in [3.8, 4) is 33.4 Å². The first-order chi connectivity index (χ1) is 25.3. The Bertz CT molecular complexity index is 3110. The van der Waals surface area contributed by atoms with Gasteiger partial charge in [-0.15, -0.1) is 0 Å². The lowest BCUT2D eigenvalue weighted by Crippen LogP contribution is -1.90. The Kier molecular flexibility index (Phi) is 6.02. The molecule has 0 unspecified atom stereocenters. The molecule has 0 N–H and O–H groups in total. The molecule has 0 fully saturated rings. The van der Waals surface area contributed by atoms with Crippen molar-refractivity contribution in [2.45, 2.75) is 0 Å². The molecule has 1 heterocycles. The third-order valence-corrected chi connectivity index (χ3v) is 10.8. The monoisotopic (exact) mass is 646 g/mol. The summed E-state index contributed by atoms with van der Waals surface area (Å²) in [5.74, 6) is 0. The highest BCUT2D eigenvalue weighted by Crippen LogP contribution is 2.45. The van der Waals surface area contributed by atoms with Crippen LogP contribution in [0.5, 0.6) is 0 Å². The SMILES string of the molecule is c1ccc(-c2c3ccccc3c(-c3ccc(-c4ccc5c(c4)c4ccccc4c4c6cc7ccccc7cc6oc54)cc3)c3ccccc23)cc1. The molecular weight excluding hydrogens is 617 g/mol. The zero-order valence-corrected chi connectivity index (χ0v) is 27.7. The summed E-state index contributed by atoms with van der Waals surface area (Å²) in [6.45, 7) is 0. The lowest BCUT2D eigenvalue weighted by atomic mass is 9.85. The van der Waals surface area contributed by atoms with Crippen molar-refractivity contribution in [2.24, 2.45) is 0 Å². The van der Waals surface area contributed by atoms with Gasteiger partial charge in [0, 0.05) is 16.2 Å². The van der Waals surface area contributed by atoms with Crippen LogP contribution in [-0.4, -0.2) is 0 Å². The second-order valence-corrected chi connectivity index (χ2v) is 13.6. The lowest BCUT2D eigenvalue weighted by molar-refractivity contribution is 0.673. The van der Waals surface area contributed by atoms with E-state index in [0.29, 0.717) is 0 Å². The van der Waals surface area contributed by atoms with E-state index in [4.69, 9.17) is 4.42 Å². The number of rotatable bonds is 3. The minimum Gasteiger partial charge on any atom is -0.455 e. The average Bonchev–Trinajstić information content (AvgIpc) is 3.58. The van der Waals surface area contributed by atoms with Gasteiger partial charge in [-0.3, -0.25) is 0 Å². The summed E-state index contributed by atoms with van der Waals surface area (Å²) in [5, 5.41) is 14.7. The van der Waals surface area contributed by atoms with Gasteiger partial charge in [-0.1, -0.05) is 158 Å². The van der Waals surface area contributed by atoms with Crippen LogP contribution in [0, 0.1) is 0 Å². The predicted octanol–water partition coefficient (Wildman–Crippen LogP) is 14.4. The second-order valence-electron chi connectivity index (χ2n) is 13.6. The molecule has 0 aliphatic rings. The van der Waals surface area contributed by atoms with E-state index in [1.165, 1.54) is 92.6 Å². The van der Waals surface area contributed by atoms with Crippen LogP contribution in [-0.2, 0) is 0 Å². The largest absolute Gasteiger partial charge is 0.455 e.